The number of hydrogen-bond donors (Lipinski definition) is 0. The molecule has 5 saturated carbocycles. The zero-order valence-electron chi connectivity index (χ0n) is 33.9. The van der Waals surface area contributed by atoms with Crippen molar-refractivity contribution in [3.63, 3.8) is 0 Å². The second-order valence-corrected chi connectivity index (χ2v) is 19.5. The number of carbonyl (C=O) groups excluding carboxylic acids is 4. The molecule has 54 heavy (non-hydrogen) atoms. The summed E-state index contributed by atoms with van der Waals surface area (Å²) >= 11 is 0. The van der Waals surface area contributed by atoms with Crippen molar-refractivity contribution in [2.24, 2.45) is 50.7 Å². The van der Waals surface area contributed by atoms with Crippen molar-refractivity contribution in [3.8, 4) is 0 Å². The SMILES string of the molecule is CC(=O)OC1CC(C2CCC34CC23CCC2C3(C)CCC(OC(=O)C=Cc5ccccc5)C(C)(C)C3CC(OC(C)=O)C24C)COC1C(C)(C)OC(C)=O. The van der Waals surface area contributed by atoms with Crippen LogP contribution in [-0.2, 0) is 42.9 Å². The van der Waals surface area contributed by atoms with E-state index in [4.69, 9.17) is 23.7 Å². The number of esters is 4. The first kappa shape index (κ1) is 39.1. The Labute approximate surface area is 321 Å². The van der Waals surface area contributed by atoms with Crippen LogP contribution in [0.5, 0.6) is 0 Å². The van der Waals surface area contributed by atoms with Gasteiger partial charge in [0.2, 0.25) is 0 Å². The summed E-state index contributed by atoms with van der Waals surface area (Å²) in [7, 11) is 0. The first-order chi connectivity index (χ1) is 25.3. The fourth-order valence-electron chi connectivity index (χ4n) is 14.3. The Kier molecular flexibility index (Phi) is 9.75. The molecule has 0 N–H and O–H groups in total. The average Bonchev–Trinajstić information content (AvgIpc) is 3.65. The van der Waals surface area contributed by atoms with Crippen LogP contribution in [0.1, 0.15) is 126 Å². The first-order valence-electron chi connectivity index (χ1n) is 20.4. The predicted octanol–water partition coefficient (Wildman–Crippen LogP) is 8.27. The number of carbonyl (C=O) groups is 4. The zero-order valence-corrected chi connectivity index (χ0v) is 33.9. The summed E-state index contributed by atoms with van der Waals surface area (Å²) in [6.07, 6.45) is 10.4. The van der Waals surface area contributed by atoms with Crippen LogP contribution in [0.4, 0.5) is 0 Å². The lowest BCUT2D eigenvalue weighted by Gasteiger charge is -2.68. The van der Waals surface area contributed by atoms with Gasteiger partial charge >= 0.3 is 23.9 Å². The summed E-state index contributed by atoms with van der Waals surface area (Å²) in [5.41, 5.74) is -0.381. The fraction of sp³-hybridized carbons (Fsp3) is 0.733. The van der Waals surface area contributed by atoms with Gasteiger partial charge in [0.05, 0.1) is 6.61 Å². The zero-order chi connectivity index (χ0) is 39.1. The topological polar surface area (TPSA) is 114 Å². The van der Waals surface area contributed by atoms with Gasteiger partial charge in [0.15, 0.2) is 0 Å². The molecular formula is C45H62O9. The predicted molar refractivity (Wildman–Crippen MR) is 202 cm³/mol. The molecule has 296 valence electrons. The summed E-state index contributed by atoms with van der Waals surface area (Å²) in [6, 6.07) is 9.78. The fourth-order valence-corrected chi connectivity index (χ4v) is 14.3. The van der Waals surface area contributed by atoms with Gasteiger partial charge < -0.3 is 23.7 Å². The maximum Gasteiger partial charge on any atom is 0.331 e. The van der Waals surface area contributed by atoms with Gasteiger partial charge in [0.1, 0.15) is 30.0 Å². The standard InChI is InChI=1S/C45H62O9/c1-27(46)51-33-23-31(25-50-39(33)41(6,7)54-29(3)48)32-17-22-45-26-44(32,45)21-18-34-42(8)20-19-36(53-38(49)16-15-30-13-11-10-12-14-30)40(4,5)35(42)24-37(43(34,45)9)52-28(2)47/h10-16,31-37,39H,17-26H2,1-9H3. The smallest absolute Gasteiger partial charge is 0.331 e. The molecule has 1 saturated heterocycles. The molecular weight excluding hydrogens is 684 g/mol. The van der Waals surface area contributed by atoms with E-state index >= 15 is 0 Å². The highest BCUT2D eigenvalue weighted by Crippen LogP contribution is 2.91. The van der Waals surface area contributed by atoms with E-state index in [9.17, 15) is 19.2 Å². The molecule has 0 aromatic heterocycles. The first-order valence-corrected chi connectivity index (χ1v) is 20.4. The van der Waals surface area contributed by atoms with E-state index in [0.29, 0.717) is 24.9 Å². The lowest BCUT2D eigenvalue weighted by Crippen LogP contribution is -2.67. The van der Waals surface area contributed by atoms with Crippen molar-refractivity contribution in [2.45, 2.75) is 150 Å². The van der Waals surface area contributed by atoms with Gasteiger partial charge in [-0.2, -0.15) is 0 Å². The molecule has 0 amide bonds. The molecule has 0 spiro atoms. The van der Waals surface area contributed by atoms with Crippen LogP contribution in [0.25, 0.3) is 6.08 Å². The second-order valence-electron chi connectivity index (χ2n) is 19.5. The van der Waals surface area contributed by atoms with Gasteiger partial charge in [0, 0.05) is 37.7 Å². The minimum atomic E-state index is -0.949. The highest BCUT2D eigenvalue weighted by Gasteiger charge is 2.86. The molecule has 12 atom stereocenters. The quantitative estimate of drug-likeness (QED) is 0.147. The molecule has 9 heteroatoms. The van der Waals surface area contributed by atoms with E-state index < -0.39 is 23.8 Å². The maximum atomic E-state index is 13.2. The van der Waals surface area contributed by atoms with Crippen molar-refractivity contribution in [2.75, 3.05) is 6.61 Å². The van der Waals surface area contributed by atoms with Gasteiger partial charge in [-0.25, -0.2) is 4.79 Å². The minimum absolute atomic E-state index is 0.0108. The molecule has 1 aliphatic heterocycles. The van der Waals surface area contributed by atoms with E-state index in [1.165, 1.54) is 19.9 Å². The van der Waals surface area contributed by atoms with Crippen molar-refractivity contribution in [3.05, 3.63) is 42.0 Å². The average molecular weight is 747 g/mol. The highest BCUT2D eigenvalue weighted by atomic mass is 16.6. The molecule has 1 heterocycles. The Bertz CT molecular complexity index is 1680. The van der Waals surface area contributed by atoms with Crippen LogP contribution in [0.3, 0.4) is 0 Å². The van der Waals surface area contributed by atoms with E-state index in [2.05, 4.69) is 27.7 Å². The van der Waals surface area contributed by atoms with Gasteiger partial charge in [-0.15, -0.1) is 0 Å². The Morgan fingerprint density at radius 1 is 0.796 bits per heavy atom. The Morgan fingerprint density at radius 3 is 2.17 bits per heavy atom. The Balaban J connectivity index is 1.14. The van der Waals surface area contributed by atoms with Crippen LogP contribution < -0.4 is 0 Å². The Hall–Kier alpha value is -3.20. The number of ether oxygens (including phenoxy) is 5. The molecule has 0 bridgehead atoms. The van der Waals surface area contributed by atoms with Gasteiger partial charge in [0.25, 0.3) is 0 Å². The Morgan fingerprint density at radius 2 is 1.50 bits per heavy atom. The minimum Gasteiger partial charge on any atom is -0.462 e. The molecule has 12 unspecified atom stereocenters. The van der Waals surface area contributed by atoms with Crippen molar-refractivity contribution in [1.29, 1.82) is 0 Å². The molecule has 7 rings (SSSR count). The maximum absolute atomic E-state index is 13.2. The van der Waals surface area contributed by atoms with E-state index in [-0.39, 0.29) is 69.0 Å². The van der Waals surface area contributed by atoms with Crippen molar-refractivity contribution in [1.82, 2.24) is 0 Å². The molecule has 1 aromatic rings. The summed E-state index contributed by atoms with van der Waals surface area (Å²) in [5.74, 6) is -0.177. The molecule has 1 aromatic carbocycles. The van der Waals surface area contributed by atoms with Crippen molar-refractivity contribution >= 4 is 30.0 Å². The molecule has 5 aliphatic carbocycles. The third-order valence-corrected chi connectivity index (χ3v) is 16.2. The summed E-state index contributed by atoms with van der Waals surface area (Å²) in [4.78, 5) is 50.5. The van der Waals surface area contributed by atoms with Gasteiger partial charge in [-0.05, 0) is 123 Å². The molecule has 0 radical (unpaired) electrons. The lowest BCUT2D eigenvalue weighted by molar-refractivity contribution is -0.252. The van der Waals surface area contributed by atoms with Crippen LogP contribution in [0, 0.1) is 50.7 Å². The van der Waals surface area contributed by atoms with Crippen LogP contribution >= 0.6 is 0 Å². The number of benzene rings is 1. The van der Waals surface area contributed by atoms with Crippen LogP contribution in [-0.4, -0.2) is 60.5 Å². The number of hydrogen-bond acceptors (Lipinski definition) is 9. The summed E-state index contributed by atoms with van der Waals surface area (Å²) in [5, 5.41) is 0. The molecule has 6 fully saturated rings. The monoisotopic (exact) mass is 746 g/mol. The van der Waals surface area contributed by atoms with Crippen LogP contribution in [0.15, 0.2) is 36.4 Å². The van der Waals surface area contributed by atoms with E-state index in [1.54, 1.807) is 13.0 Å². The summed E-state index contributed by atoms with van der Waals surface area (Å²) in [6.45, 7) is 18.0. The van der Waals surface area contributed by atoms with E-state index in [1.807, 2.05) is 44.2 Å². The normalized spacial score (nSPS) is 42.0. The number of fused-ring (bicyclic) bond motifs is 3. The largest absolute Gasteiger partial charge is 0.462 e. The molecule has 9 nitrogen and oxygen atoms in total. The van der Waals surface area contributed by atoms with Crippen molar-refractivity contribution < 1.29 is 42.9 Å². The second kappa shape index (κ2) is 13.5. The highest BCUT2D eigenvalue weighted by molar-refractivity contribution is 5.87. The summed E-state index contributed by atoms with van der Waals surface area (Å²) < 4.78 is 30.9. The number of rotatable bonds is 8. The third kappa shape index (κ3) is 6.05. The van der Waals surface area contributed by atoms with E-state index in [0.717, 1.165) is 56.9 Å². The molecule has 6 aliphatic rings. The third-order valence-electron chi connectivity index (χ3n) is 16.2. The van der Waals surface area contributed by atoms with Crippen LogP contribution in [0.2, 0.25) is 0 Å². The van der Waals surface area contributed by atoms with Gasteiger partial charge in [-0.3, -0.25) is 14.4 Å². The lowest BCUT2D eigenvalue weighted by atomic mass is 9.37. The van der Waals surface area contributed by atoms with Gasteiger partial charge in [-0.1, -0.05) is 58.0 Å².